The average Bonchev–Trinajstić information content (AvgIpc) is 1.94. The Bertz CT molecular complexity index is 172. The molecule has 0 fully saturated rings. The van der Waals surface area contributed by atoms with E-state index in [-0.39, 0.29) is 6.42 Å². The van der Waals surface area contributed by atoms with E-state index in [0.29, 0.717) is 0 Å². The van der Waals surface area contributed by atoms with Crippen molar-refractivity contribution in [2.45, 2.75) is 32.1 Å². The van der Waals surface area contributed by atoms with E-state index in [0.717, 1.165) is 0 Å². The maximum Gasteiger partial charge on any atom is 0.421 e. The van der Waals surface area contributed by atoms with E-state index < -0.39 is 30.8 Å². The Morgan fingerprint density at radius 3 is 1.79 bits per heavy atom. The Morgan fingerprint density at radius 1 is 1.14 bits per heavy atom. The Morgan fingerprint density at radius 2 is 1.57 bits per heavy atom. The third-order valence-corrected chi connectivity index (χ3v) is 1.59. The van der Waals surface area contributed by atoms with E-state index in [1.165, 1.54) is 6.92 Å². The molecule has 1 N–H and O–H groups in total. The van der Waals surface area contributed by atoms with Crippen molar-refractivity contribution in [3.63, 3.8) is 0 Å². The van der Waals surface area contributed by atoms with Gasteiger partial charge in [-0.15, -0.1) is 0 Å². The van der Waals surface area contributed by atoms with Gasteiger partial charge in [-0.3, -0.25) is 0 Å². The van der Waals surface area contributed by atoms with Crippen LogP contribution >= 0.6 is 0 Å². The van der Waals surface area contributed by atoms with Gasteiger partial charge in [0.05, 0.1) is 5.92 Å². The summed E-state index contributed by atoms with van der Waals surface area (Å²) in [6.07, 6.45) is -13.7. The van der Waals surface area contributed by atoms with Crippen molar-refractivity contribution in [3.05, 3.63) is 6.10 Å². The molecule has 1 atom stereocenters. The number of aliphatic hydroxyl groups excluding tert-OH is 1. The molecule has 0 aliphatic rings. The van der Waals surface area contributed by atoms with Gasteiger partial charge in [-0.05, 0) is 6.42 Å². The van der Waals surface area contributed by atoms with Crippen molar-refractivity contribution < 1.29 is 31.4 Å². The van der Waals surface area contributed by atoms with E-state index in [2.05, 4.69) is 0 Å². The predicted molar refractivity (Wildman–Crippen MR) is 35.7 cm³/mol. The summed E-state index contributed by atoms with van der Waals surface area (Å²) in [5.74, 6) is -2.81. The Hall–Kier alpha value is -0.460. The van der Waals surface area contributed by atoms with E-state index >= 15 is 0 Å². The van der Waals surface area contributed by atoms with E-state index in [1.807, 2.05) is 0 Å². The Labute approximate surface area is 76.7 Å². The molecule has 0 heterocycles. The first-order chi connectivity index (χ1) is 6.10. The van der Waals surface area contributed by atoms with Crippen molar-refractivity contribution in [1.29, 1.82) is 0 Å². The third-order valence-electron chi connectivity index (χ3n) is 1.59. The molecule has 7 heteroatoms. The van der Waals surface area contributed by atoms with Crippen LogP contribution in [0.25, 0.3) is 0 Å². The molecular weight excluding hydrogens is 214 g/mol. The summed E-state index contributed by atoms with van der Waals surface area (Å²) < 4.78 is 71.3. The minimum atomic E-state index is -5.31. The van der Waals surface area contributed by atoms with Gasteiger partial charge in [0.2, 0.25) is 6.10 Å². The summed E-state index contributed by atoms with van der Waals surface area (Å²) >= 11 is 0. The summed E-state index contributed by atoms with van der Waals surface area (Å²) in [5, 5.41) is 8.38. The van der Waals surface area contributed by atoms with Crippen LogP contribution in [0.5, 0.6) is 0 Å². The number of rotatable bonds is 3. The second-order valence-corrected chi connectivity index (χ2v) is 2.77. The van der Waals surface area contributed by atoms with Crippen LogP contribution in [0.3, 0.4) is 0 Å². The highest BCUT2D eigenvalue weighted by molar-refractivity contribution is 4.95. The van der Waals surface area contributed by atoms with Crippen molar-refractivity contribution in [2.24, 2.45) is 5.92 Å². The quantitative estimate of drug-likeness (QED) is 0.726. The van der Waals surface area contributed by atoms with Crippen molar-refractivity contribution in [1.82, 2.24) is 0 Å². The molecule has 0 amide bonds. The minimum absolute atomic E-state index is 0.0929. The minimum Gasteiger partial charge on any atom is -0.377 e. The number of halogens is 6. The predicted octanol–water partition coefficient (Wildman–Crippen LogP) is 3.43. The van der Waals surface area contributed by atoms with Gasteiger partial charge in [-0.25, -0.2) is 0 Å². The molecule has 0 saturated carbocycles. The van der Waals surface area contributed by atoms with Crippen LogP contribution < -0.4 is 0 Å². The summed E-state index contributed by atoms with van der Waals surface area (Å²) in [5.41, 5.74) is 0. The largest absolute Gasteiger partial charge is 0.421 e. The van der Waals surface area contributed by atoms with Crippen LogP contribution in [-0.4, -0.2) is 17.5 Å². The van der Waals surface area contributed by atoms with Crippen LogP contribution in [0.15, 0.2) is 0 Å². The van der Waals surface area contributed by atoms with Crippen LogP contribution in [0.2, 0.25) is 0 Å². The van der Waals surface area contributed by atoms with Crippen molar-refractivity contribution in [2.75, 3.05) is 0 Å². The van der Waals surface area contributed by atoms with Gasteiger partial charge < -0.3 is 5.11 Å². The molecule has 85 valence electrons. The summed E-state index contributed by atoms with van der Waals surface area (Å²) in [6.45, 7) is 1.31. The van der Waals surface area contributed by atoms with Crippen LogP contribution in [0.1, 0.15) is 19.8 Å². The van der Waals surface area contributed by atoms with Crippen molar-refractivity contribution >= 4 is 0 Å². The maximum absolute atomic E-state index is 12.0. The standard InChI is InChI=1S/C7H9F6O/c1-2-3-4(6(8,9)10)5(14)7(11,12)13/h4,14H,2-3H2,1H3. The lowest BCUT2D eigenvalue weighted by atomic mass is 9.96. The lowest BCUT2D eigenvalue weighted by Gasteiger charge is -2.25. The monoisotopic (exact) mass is 223 g/mol. The lowest BCUT2D eigenvalue weighted by molar-refractivity contribution is -0.233. The number of alkyl halides is 6. The third kappa shape index (κ3) is 3.73. The normalized spacial score (nSPS) is 16.1. The van der Waals surface area contributed by atoms with E-state index in [1.54, 1.807) is 0 Å². The van der Waals surface area contributed by atoms with Gasteiger partial charge in [-0.2, -0.15) is 26.3 Å². The highest BCUT2D eigenvalue weighted by Gasteiger charge is 2.55. The zero-order valence-electron chi connectivity index (χ0n) is 7.21. The molecular formula is C7H9F6O. The zero-order chi connectivity index (χ0) is 11.6. The molecule has 0 aromatic carbocycles. The smallest absolute Gasteiger partial charge is 0.377 e. The molecule has 0 spiro atoms. The number of hydrogen-bond acceptors (Lipinski definition) is 1. The fourth-order valence-corrected chi connectivity index (χ4v) is 0.942. The lowest BCUT2D eigenvalue weighted by Crippen LogP contribution is -2.37. The fraction of sp³-hybridized carbons (Fsp3) is 0.857. The summed E-state index contributed by atoms with van der Waals surface area (Å²) in [4.78, 5) is 0. The highest BCUT2D eigenvalue weighted by Crippen LogP contribution is 2.42. The van der Waals surface area contributed by atoms with Crippen LogP contribution in [-0.2, 0) is 0 Å². The van der Waals surface area contributed by atoms with Gasteiger partial charge in [-0.1, -0.05) is 13.3 Å². The first-order valence-corrected chi connectivity index (χ1v) is 3.80. The topological polar surface area (TPSA) is 20.2 Å². The second kappa shape index (κ2) is 4.37. The summed E-state index contributed by atoms with van der Waals surface area (Å²) in [7, 11) is 0. The molecule has 1 unspecified atom stereocenters. The molecule has 14 heavy (non-hydrogen) atoms. The molecule has 0 rings (SSSR count). The Balaban J connectivity index is 4.67. The molecule has 1 nitrogen and oxygen atoms in total. The maximum atomic E-state index is 12.0. The fourth-order valence-electron chi connectivity index (χ4n) is 0.942. The molecule has 0 bridgehead atoms. The van der Waals surface area contributed by atoms with Gasteiger partial charge in [0.1, 0.15) is 0 Å². The number of hydrogen-bond donors (Lipinski definition) is 1. The van der Waals surface area contributed by atoms with Gasteiger partial charge in [0.15, 0.2) is 0 Å². The van der Waals surface area contributed by atoms with Crippen LogP contribution in [0.4, 0.5) is 26.3 Å². The van der Waals surface area contributed by atoms with Gasteiger partial charge >= 0.3 is 12.4 Å². The molecule has 1 radical (unpaired) electrons. The molecule has 0 aliphatic carbocycles. The summed E-state index contributed by atoms with van der Waals surface area (Å²) in [6, 6.07) is 0. The van der Waals surface area contributed by atoms with E-state index in [4.69, 9.17) is 5.11 Å². The van der Waals surface area contributed by atoms with E-state index in [9.17, 15) is 26.3 Å². The highest BCUT2D eigenvalue weighted by atomic mass is 19.4. The molecule has 0 aliphatic heterocycles. The zero-order valence-corrected chi connectivity index (χ0v) is 7.21. The molecule has 0 aromatic heterocycles. The second-order valence-electron chi connectivity index (χ2n) is 2.77. The van der Waals surface area contributed by atoms with Crippen LogP contribution in [0, 0.1) is 12.0 Å². The molecule has 0 aromatic rings. The first kappa shape index (κ1) is 13.5. The Kier molecular flexibility index (Phi) is 4.23. The molecule has 0 saturated heterocycles. The SMILES string of the molecule is CCCC([C](O)C(F)(F)F)C(F)(F)F. The van der Waals surface area contributed by atoms with Gasteiger partial charge in [0, 0.05) is 0 Å². The number of aliphatic hydroxyl groups is 1. The average molecular weight is 223 g/mol. The first-order valence-electron chi connectivity index (χ1n) is 3.80. The van der Waals surface area contributed by atoms with Crippen molar-refractivity contribution in [3.8, 4) is 0 Å². The van der Waals surface area contributed by atoms with Gasteiger partial charge in [0.25, 0.3) is 0 Å².